The number of carbonyl (C=O) groups excluding carboxylic acids is 1. The monoisotopic (exact) mass is 520 g/mol. The Balaban J connectivity index is 1.95. The zero-order valence-electron chi connectivity index (χ0n) is 15.4. The molecule has 3 rings (SSSR count). The van der Waals surface area contributed by atoms with Crippen molar-refractivity contribution in [1.29, 1.82) is 0 Å². The molecule has 0 radical (unpaired) electrons. The van der Waals surface area contributed by atoms with E-state index in [0.717, 1.165) is 22.5 Å². The molecule has 0 atom stereocenters. The molecule has 0 aromatic heterocycles. The number of hydroxylamine groups is 2. The molecule has 1 fully saturated rings. The minimum Gasteiger partial charge on any atom is -0.351 e. The molecular formula is C20H20ClF2IN2O2. The summed E-state index contributed by atoms with van der Waals surface area (Å²) in [5.41, 5.74) is 0.0717. The Morgan fingerprint density at radius 2 is 2.04 bits per heavy atom. The molecule has 0 unspecified atom stereocenters. The summed E-state index contributed by atoms with van der Waals surface area (Å²) in [6.07, 6.45) is 2.15. The van der Waals surface area contributed by atoms with Gasteiger partial charge >= 0.3 is 0 Å². The fourth-order valence-electron chi connectivity index (χ4n) is 2.61. The summed E-state index contributed by atoms with van der Waals surface area (Å²) in [5.74, 6) is -2.30. The van der Waals surface area contributed by atoms with Crippen molar-refractivity contribution in [2.75, 3.05) is 11.9 Å². The first kappa shape index (κ1) is 21.3. The van der Waals surface area contributed by atoms with Gasteiger partial charge in [-0.3, -0.25) is 9.63 Å². The van der Waals surface area contributed by atoms with E-state index in [1.54, 1.807) is 32.0 Å². The van der Waals surface area contributed by atoms with Crippen molar-refractivity contribution in [3.8, 4) is 0 Å². The van der Waals surface area contributed by atoms with E-state index in [1.807, 2.05) is 0 Å². The van der Waals surface area contributed by atoms with Crippen LogP contribution in [-0.2, 0) is 4.84 Å². The molecule has 2 aromatic rings. The highest BCUT2D eigenvalue weighted by molar-refractivity contribution is 14.1. The predicted octanol–water partition coefficient (Wildman–Crippen LogP) is 6.16. The largest absolute Gasteiger partial charge is 0.351 e. The van der Waals surface area contributed by atoms with Crippen LogP contribution in [0.5, 0.6) is 0 Å². The molecule has 0 aliphatic heterocycles. The Kier molecular flexibility index (Phi) is 6.77. The van der Waals surface area contributed by atoms with Gasteiger partial charge in [-0.25, -0.2) is 13.8 Å². The maximum Gasteiger partial charge on any atom is 0.279 e. The Morgan fingerprint density at radius 1 is 1.32 bits per heavy atom. The van der Waals surface area contributed by atoms with Gasteiger partial charge in [0, 0.05) is 3.57 Å². The molecule has 4 nitrogen and oxygen atoms in total. The van der Waals surface area contributed by atoms with Crippen LogP contribution < -0.4 is 5.32 Å². The van der Waals surface area contributed by atoms with Crippen LogP contribution in [0.1, 0.15) is 37.0 Å². The first-order chi connectivity index (χ1) is 13.3. The summed E-state index contributed by atoms with van der Waals surface area (Å²) in [6, 6.07) is 7.01. The van der Waals surface area contributed by atoms with E-state index in [0.29, 0.717) is 23.2 Å². The molecule has 1 N–H and O–H groups in total. The molecule has 1 aliphatic rings. The maximum absolute atomic E-state index is 14.6. The van der Waals surface area contributed by atoms with Gasteiger partial charge in [-0.1, -0.05) is 11.6 Å². The molecule has 0 bridgehead atoms. The van der Waals surface area contributed by atoms with Crippen LogP contribution in [0.4, 0.5) is 20.2 Å². The summed E-state index contributed by atoms with van der Waals surface area (Å²) in [5, 5.41) is 4.32. The van der Waals surface area contributed by atoms with E-state index in [1.165, 1.54) is 11.1 Å². The minimum absolute atomic E-state index is 0.0296. The number of hydrogen-bond acceptors (Lipinski definition) is 3. The van der Waals surface area contributed by atoms with Gasteiger partial charge in [-0.05, 0) is 85.5 Å². The first-order valence-electron chi connectivity index (χ1n) is 8.94. The van der Waals surface area contributed by atoms with Crippen LogP contribution in [0.3, 0.4) is 0 Å². The molecule has 2 aromatic carbocycles. The fraction of sp³-hybridized carbons (Fsp3) is 0.350. The third-order valence-corrected chi connectivity index (χ3v) is 5.32. The third-order valence-electron chi connectivity index (χ3n) is 4.33. The fourth-order valence-corrected chi connectivity index (χ4v) is 3.51. The number of hydrogen-bond donors (Lipinski definition) is 1. The summed E-state index contributed by atoms with van der Waals surface area (Å²) in [4.78, 5) is 18.7. The maximum atomic E-state index is 14.6. The summed E-state index contributed by atoms with van der Waals surface area (Å²) in [6.45, 7) is 4.03. The van der Waals surface area contributed by atoms with Gasteiger partial charge in [0.1, 0.15) is 0 Å². The SMILES string of the molecule is CC(C)N(OCC1CC1)C(=O)c1ccc(F)c(F)c1Nc1ccc(I)cc1Cl. The van der Waals surface area contributed by atoms with E-state index < -0.39 is 17.5 Å². The molecule has 150 valence electrons. The number of amides is 1. The van der Waals surface area contributed by atoms with Crippen molar-refractivity contribution in [2.24, 2.45) is 5.92 Å². The van der Waals surface area contributed by atoms with Crippen molar-refractivity contribution in [1.82, 2.24) is 5.06 Å². The van der Waals surface area contributed by atoms with Gasteiger partial charge in [-0.15, -0.1) is 0 Å². The van der Waals surface area contributed by atoms with Gasteiger partial charge in [0.2, 0.25) is 0 Å². The minimum atomic E-state index is -1.15. The van der Waals surface area contributed by atoms with Crippen LogP contribution in [0, 0.1) is 21.1 Å². The molecule has 1 amide bonds. The molecule has 0 heterocycles. The average Bonchev–Trinajstić information content (AvgIpc) is 3.45. The topological polar surface area (TPSA) is 41.6 Å². The lowest BCUT2D eigenvalue weighted by molar-refractivity contribution is -0.145. The highest BCUT2D eigenvalue weighted by Gasteiger charge is 2.29. The standard InChI is InChI=1S/C20H20ClF2IN2O2/c1-11(2)26(28-10-12-3-4-12)20(27)14-6-7-16(22)18(23)19(14)25-17-8-5-13(24)9-15(17)21/h5-9,11-12,25H,3-4,10H2,1-2H3. The van der Waals surface area contributed by atoms with E-state index in [-0.39, 0.29) is 17.3 Å². The number of carbonyl (C=O) groups is 1. The molecular weight excluding hydrogens is 501 g/mol. The van der Waals surface area contributed by atoms with Crippen LogP contribution in [0.15, 0.2) is 30.3 Å². The lowest BCUT2D eigenvalue weighted by Gasteiger charge is -2.27. The van der Waals surface area contributed by atoms with E-state index in [4.69, 9.17) is 16.4 Å². The van der Waals surface area contributed by atoms with Crippen molar-refractivity contribution in [2.45, 2.75) is 32.7 Å². The third kappa shape index (κ3) is 4.93. The Hall–Kier alpha value is -1.45. The van der Waals surface area contributed by atoms with E-state index >= 15 is 0 Å². The highest BCUT2D eigenvalue weighted by atomic mass is 127. The lowest BCUT2D eigenvalue weighted by atomic mass is 10.1. The molecule has 1 saturated carbocycles. The summed E-state index contributed by atoms with van der Waals surface area (Å²) in [7, 11) is 0. The second-order valence-electron chi connectivity index (χ2n) is 7.00. The number of halogens is 4. The van der Waals surface area contributed by atoms with Crippen LogP contribution in [0.2, 0.25) is 5.02 Å². The van der Waals surface area contributed by atoms with Crippen LogP contribution >= 0.6 is 34.2 Å². The molecule has 0 spiro atoms. The lowest BCUT2D eigenvalue weighted by Crippen LogP contribution is -2.38. The van der Waals surface area contributed by atoms with Crippen molar-refractivity contribution >= 4 is 51.5 Å². The number of nitrogens with one attached hydrogen (secondary N) is 1. The Labute approximate surface area is 181 Å². The molecule has 1 aliphatic carbocycles. The quantitative estimate of drug-likeness (QED) is 0.351. The zero-order chi connectivity index (χ0) is 20.4. The van der Waals surface area contributed by atoms with E-state index in [9.17, 15) is 13.6 Å². The number of anilines is 2. The Morgan fingerprint density at radius 3 is 2.64 bits per heavy atom. The predicted molar refractivity (Wildman–Crippen MR) is 114 cm³/mol. The van der Waals surface area contributed by atoms with Crippen molar-refractivity contribution in [3.05, 3.63) is 56.1 Å². The average molecular weight is 521 g/mol. The van der Waals surface area contributed by atoms with Crippen LogP contribution in [-0.4, -0.2) is 23.6 Å². The second-order valence-corrected chi connectivity index (χ2v) is 8.65. The summed E-state index contributed by atoms with van der Waals surface area (Å²) < 4.78 is 29.4. The van der Waals surface area contributed by atoms with Gasteiger partial charge < -0.3 is 5.32 Å². The van der Waals surface area contributed by atoms with Crippen molar-refractivity contribution < 1.29 is 18.4 Å². The first-order valence-corrected chi connectivity index (χ1v) is 10.4. The highest BCUT2D eigenvalue weighted by Crippen LogP contribution is 2.33. The van der Waals surface area contributed by atoms with Crippen LogP contribution in [0.25, 0.3) is 0 Å². The van der Waals surface area contributed by atoms with Crippen molar-refractivity contribution in [3.63, 3.8) is 0 Å². The van der Waals surface area contributed by atoms with Gasteiger partial charge in [0.05, 0.1) is 34.6 Å². The Bertz CT molecular complexity index is 891. The number of benzene rings is 2. The smallest absolute Gasteiger partial charge is 0.279 e. The zero-order valence-corrected chi connectivity index (χ0v) is 18.4. The van der Waals surface area contributed by atoms with E-state index in [2.05, 4.69) is 27.9 Å². The number of rotatable bonds is 7. The second kappa shape index (κ2) is 8.92. The summed E-state index contributed by atoms with van der Waals surface area (Å²) >= 11 is 8.30. The van der Waals surface area contributed by atoms with Gasteiger partial charge in [-0.2, -0.15) is 0 Å². The molecule has 0 saturated heterocycles. The normalized spacial score (nSPS) is 13.7. The van der Waals surface area contributed by atoms with Gasteiger partial charge in [0.25, 0.3) is 5.91 Å². The van der Waals surface area contributed by atoms with Gasteiger partial charge in [0.15, 0.2) is 11.6 Å². The molecule has 8 heteroatoms. The number of nitrogens with zero attached hydrogens (tertiary/aromatic N) is 1. The molecule has 28 heavy (non-hydrogen) atoms.